The van der Waals surface area contributed by atoms with Crippen molar-refractivity contribution in [1.82, 2.24) is 10.2 Å². The summed E-state index contributed by atoms with van der Waals surface area (Å²) in [6.07, 6.45) is 0. The highest BCUT2D eigenvalue weighted by Crippen LogP contribution is 2.10. The molecule has 7 heteroatoms. The lowest BCUT2D eigenvalue weighted by Crippen LogP contribution is -2.42. The molecule has 17 heavy (non-hydrogen) atoms. The molecular formula is C10H18N2O4S. The Morgan fingerprint density at radius 1 is 1.29 bits per heavy atom. The number of carboxylic acid groups (broad SMARTS) is 1. The normalized spacial score (nSPS) is 11.7. The van der Waals surface area contributed by atoms with E-state index in [0.29, 0.717) is 13.1 Å². The number of hydrogen-bond donors (Lipinski definition) is 2. The van der Waals surface area contributed by atoms with E-state index in [1.54, 1.807) is 4.90 Å². The molecular weight excluding hydrogens is 244 g/mol. The van der Waals surface area contributed by atoms with Crippen molar-refractivity contribution in [2.45, 2.75) is 26.8 Å². The van der Waals surface area contributed by atoms with Crippen LogP contribution < -0.4 is 5.32 Å². The number of nitrogens with one attached hydrogen (secondary N) is 1. The lowest BCUT2D eigenvalue weighted by Gasteiger charge is -2.19. The monoisotopic (exact) mass is 262 g/mol. The van der Waals surface area contributed by atoms with Gasteiger partial charge in [-0.05, 0) is 13.8 Å². The summed E-state index contributed by atoms with van der Waals surface area (Å²) >= 11 is 0.904. The predicted molar refractivity (Wildman–Crippen MR) is 66.0 cm³/mol. The number of carbonyl (C=O) groups is 3. The molecule has 0 saturated heterocycles. The maximum absolute atomic E-state index is 11.6. The minimum absolute atomic E-state index is 0.0320. The molecule has 98 valence electrons. The Hall–Kier alpha value is -1.24. The third kappa shape index (κ3) is 6.15. The van der Waals surface area contributed by atoms with E-state index in [-0.39, 0.29) is 11.0 Å². The Morgan fingerprint density at radius 2 is 1.82 bits per heavy atom. The van der Waals surface area contributed by atoms with E-state index in [4.69, 9.17) is 5.11 Å². The number of carboxylic acids is 1. The van der Waals surface area contributed by atoms with Gasteiger partial charge in [0, 0.05) is 25.8 Å². The lowest BCUT2D eigenvalue weighted by atomic mass is 10.3. The summed E-state index contributed by atoms with van der Waals surface area (Å²) in [5, 5.41) is 10.9. The van der Waals surface area contributed by atoms with Gasteiger partial charge in [-0.2, -0.15) is 0 Å². The highest BCUT2D eigenvalue weighted by Gasteiger charge is 2.21. The second-order valence-electron chi connectivity index (χ2n) is 3.34. The highest BCUT2D eigenvalue weighted by atomic mass is 32.2. The van der Waals surface area contributed by atoms with E-state index in [9.17, 15) is 14.4 Å². The molecule has 0 aromatic rings. The van der Waals surface area contributed by atoms with Crippen LogP contribution in [0.1, 0.15) is 20.8 Å². The fourth-order valence-corrected chi connectivity index (χ4v) is 2.12. The molecule has 0 heterocycles. The van der Waals surface area contributed by atoms with Crippen molar-refractivity contribution in [3.8, 4) is 0 Å². The summed E-state index contributed by atoms with van der Waals surface area (Å²) in [5.74, 6) is -1.53. The Balaban J connectivity index is 4.25. The number of rotatable bonds is 6. The molecule has 6 nitrogen and oxygen atoms in total. The number of thioether (sulfide) groups is 1. The standard InChI is InChI=1S/C10H18N2O4S/c1-4-12(5-2)10(16)17-6-8(9(14)15)11-7(3)13/h8H,4-6H2,1-3H3,(H,11,13)(H,14,15)/t8-/m0/s1. The van der Waals surface area contributed by atoms with Gasteiger partial charge in [0.15, 0.2) is 0 Å². The third-order valence-electron chi connectivity index (χ3n) is 2.07. The summed E-state index contributed by atoms with van der Waals surface area (Å²) < 4.78 is 0. The van der Waals surface area contributed by atoms with Gasteiger partial charge in [-0.1, -0.05) is 11.8 Å². The van der Waals surface area contributed by atoms with Gasteiger partial charge < -0.3 is 15.3 Å². The van der Waals surface area contributed by atoms with Crippen molar-refractivity contribution >= 4 is 28.9 Å². The van der Waals surface area contributed by atoms with Crippen LogP contribution in [0.25, 0.3) is 0 Å². The van der Waals surface area contributed by atoms with Gasteiger partial charge in [0.2, 0.25) is 5.91 Å². The topological polar surface area (TPSA) is 86.7 Å². The van der Waals surface area contributed by atoms with Gasteiger partial charge in [0.25, 0.3) is 5.24 Å². The van der Waals surface area contributed by atoms with Crippen LogP contribution in [-0.4, -0.2) is 52.0 Å². The molecule has 0 aliphatic carbocycles. The van der Waals surface area contributed by atoms with Crippen LogP contribution in [-0.2, 0) is 9.59 Å². The van der Waals surface area contributed by atoms with Crippen molar-refractivity contribution in [3.05, 3.63) is 0 Å². The summed E-state index contributed by atoms with van der Waals surface area (Å²) in [6, 6.07) is -1.03. The minimum Gasteiger partial charge on any atom is -0.480 e. The first-order chi connectivity index (χ1) is 7.92. The number of amides is 2. The first-order valence-electron chi connectivity index (χ1n) is 5.33. The van der Waals surface area contributed by atoms with E-state index in [0.717, 1.165) is 11.8 Å². The molecule has 0 aromatic carbocycles. The molecule has 2 N–H and O–H groups in total. The predicted octanol–water partition coefficient (Wildman–Crippen LogP) is 0.771. The quantitative estimate of drug-likeness (QED) is 0.738. The third-order valence-corrected chi connectivity index (χ3v) is 3.08. The molecule has 0 bridgehead atoms. The molecule has 0 aromatic heterocycles. The average Bonchev–Trinajstić information content (AvgIpc) is 2.25. The average molecular weight is 262 g/mol. The Bertz CT molecular complexity index is 292. The van der Waals surface area contributed by atoms with Crippen molar-refractivity contribution in [2.75, 3.05) is 18.8 Å². The molecule has 0 fully saturated rings. The van der Waals surface area contributed by atoms with E-state index in [2.05, 4.69) is 5.32 Å². The van der Waals surface area contributed by atoms with Gasteiger partial charge in [-0.25, -0.2) is 4.79 Å². The zero-order valence-corrected chi connectivity index (χ0v) is 11.0. The second kappa shape index (κ2) is 7.94. The fourth-order valence-electron chi connectivity index (χ4n) is 1.15. The molecule has 0 aliphatic rings. The summed E-state index contributed by atoms with van der Waals surface area (Å²) in [4.78, 5) is 34.8. The molecule has 0 aliphatic heterocycles. The Morgan fingerprint density at radius 3 is 2.18 bits per heavy atom. The van der Waals surface area contributed by atoms with Crippen LogP contribution in [0.15, 0.2) is 0 Å². The van der Waals surface area contributed by atoms with Crippen LogP contribution >= 0.6 is 11.8 Å². The number of hydrogen-bond acceptors (Lipinski definition) is 4. The van der Waals surface area contributed by atoms with Crippen LogP contribution in [0.5, 0.6) is 0 Å². The number of carbonyl (C=O) groups excluding carboxylic acids is 2. The van der Waals surface area contributed by atoms with Gasteiger partial charge in [-0.15, -0.1) is 0 Å². The van der Waals surface area contributed by atoms with E-state index in [1.807, 2.05) is 13.8 Å². The largest absolute Gasteiger partial charge is 0.480 e. The van der Waals surface area contributed by atoms with Gasteiger partial charge in [0.1, 0.15) is 6.04 Å². The second-order valence-corrected chi connectivity index (χ2v) is 4.31. The van der Waals surface area contributed by atoms with Gasteiger partial charge in [0.05, 0.1) is 0 Å². The summed E-state index contributed by atoms with van der Waals surface area (Å²) in [5.41, 5.74) is 0. The molecule has 2 amide bonds. The van der Waals surface area contributed by atoms with Crippen molar-refractivity contribution in [2.24, 2.45) is 0 Å². The van der Waals surface area contributed by atoms with E-state index in [1.165, 1.54) is 6.92 Å². The molecule has 1 atom stereocenters. The Labute approximate surface area is 105 Å². The van der Waals surface area contributed by atoms with Crippen molar-refractivity contribution < 1.29 is 19.5 Å². The van der Waals surface area contributed by atoms with Crippen LogP contribution in [0.4, 0.5) is 4.79 Å². The SMILES string of the molecule is CCN(CC)C(=O)SC[C@H](NC(C)=O)C(=O)O. The number of nitrogens with zero attached hydrogens (tertiary/aromatic N) is 1. The highest BCUT2D eigenvalue weighted by molar-refractivity contribution is 8.13. The molecule has 0 spiro atoms. The van der Waals surface area contributed by atoms with Crippen molar-refractivity contribution in [3.63, 3.8) is 0 Å². The molecule has 0 unspecified atom stereocenters. The first kappa shape index (κ1) is 15.8. The summed E-state index contributed by atoms with van der Waals surface area (Å²) in [7, 11) is 0. The molecule has 0 rings (SSSR count). The maximum atomic E-state index is 11.6. The van der Waals surface area contributed by atoms with Crippen molar-refractivity contribution in [1.29, 1.82) is 0 Å². The van der Waals surface area contributed by atoms with Crippen LogP contribution in [0, 0.1) is 0 Å². The summed E-state index contributed by atoms with van der Waals surface area (Å²) in [6.45, 7) is 6.11. The maximum Gasteiger partial charge on any atom is 0.327 e. The fraction of sp³-hybridized carbons (Fsp3) is 0.700. The smallest absolute Gasteiger partial charge is 0.327 e. The lowest BCUT2D eigenvalue weighted by molar-refractivity contribution is -0.140. The zero-order chi connectivity index (χ0) is 13.4. The van der Waals surface area contributed by atoms with Gasteiger partial charge in [-0.3, -0.25) is 9.59 Å². The first-order valence-corrected chi connectivity index (χ1v) is 6.32. The van der Waals surface area contributed by atoms with E-state index < -0.39 is 17.9 Å². The van der Waals surface area contributed by atoms with Gasteiger partial charge >= 0.3 is 5.97 Å². The zero-order valence-electron chi connectivity index (χ0n) is 10.2. The van der Waals surface area contributed by atoms with Crippen LogP contribution in [0.3, 0.4) is 0 Å². The minimum atomic E-state index is -1.14. The van der Waals surface area contributed by atoms with E-state index >= 15 is 0 Å². The van der Waals surface area contributed by atoms with Crippen LogP contribution in [0.2, 0.25) is 0 Å². The number of aliphatic carboxylic acids is 1. The molecule has 0 saturated carbocycles. The molecule has 0 radical (unpaired) electrons. The Kier molecular flexibility index (Phi) is 7.36.